The first-order valence-corrected chi connectivity index (χ1v) is 12.0. The molecule has 0 fully saturated rings. The first-order valence-electron chi connectivity index (χ1n) is 11.2. The lowest BCUT2D eigenvalue weighted by atomic mass is 10.1. The number of hydrogen-bond donors (Lipinski definition) is 1. The number of nitrogens with one attached hydrogen (secondary N) is 1. The van der Waals surface area contributed by atoms with Gasteiger partial charge >= 0.3 is 0 Å². The first-order chi connectivity index (χ1) is 16.1. The molecule has 3 aromatic carbocycles. The van der Waals surface area contributed by atoms with E-state index in [1.807, 2.05) is 12.1 Å². The fourth-order valence-corrected chi connectivity index (χ4v) is 4.39. The SMILES string of the molecule is COc1ccc(C(=O)NCCCCCc2nc3ccccc3n2Cc2cccc(Br)c2)cc1. The van der Waals surface area contributed by atoms with Crippen molar-refractivity contribution < 1.29 is 9.53 Å². The molecule has 0 saturated heterocycles. The predicted molar refractivity (Wildman–Crippen MR) is 136 cm³/mol. The minimum atomic E-state index is -0.0477. The number of ether oxygens (including phenoxy) is 1. The minimum absolute atomic E-state index is 0.0477. The average molecular weight is 506 g/mol. The summed E-state index contributed by atoms with van der Waals surface area (Å²) in [5.41, 5.74) is 4.10. The van der Waals surface area contributed by atoms with Gasteiger partial charge in [0.25, 0.3) is 5.91 Å². The van der Waals surface area contributed by atoms with Crippen molar-refractivity contribution in [1.29, 1.82) is 0 Å². The monoisotopic (exact) mass is 505 g/mol. The first kappa shape index (κ1) is 23.1. The number of fused-ring (bicyclic) bond motifs is 1. The highest BCUT2D eigenvalue weighted by molar-refractivity contribution is 9.10. The molecule has 4 rings (SSSR count). The van der Waals surface area contributed by atoms with Crippen LogP contribution in [0, 0.1) is 0 Å². The molecule has 1 amide bonds. The van der Waals surface area contributed by atoms with Crippen molar-refractivity contribution in [1.82, 2.24) is 14.9 Å². The molecule has 0 aliphatic rings. The van der Waals surface area contributed by atoms with Gasteiger partial charge in [0.15, 0.2) is 0 Å². The van der Waals surface area contributed by atoms with E-state index in [9.17, 15) is 4.79 Å². The molecule has 1 aromatic heterocycles. The van der Waals surface area contributed by atoms with Gasteiger partial charge in [0.2, 0.25) is 0 Å². The quantitative estimate of drug-likeness (QED) is 0.269. The Hall–Kier alpha value is -3.12. The van der Waals surface area contributed by atoms with Gasteiger partial charge in [-0.3, -0.25) is 4.79 Å². The second kappa shape index (κ2) is 11.1. The standard InChI is InChI=1S/C27H28BrN3O2/c1-33-23-15-13-21(14-16-23)27(32)29-17-6-2-3-12-26-30-24-10-4-5-11-25(24)31(26)19-20-8-7-9-22(28)18-20/h4-5,7-11,13-16,18H,2-3,6,12,17,19H2,1H3,(H,29,32). The van der Waals surface area contributed by atoms with Gasteiger partial charge in [0.05, 0.1) is 18.1 Å². The maximum Gasteiger partial charge on any atom is 0.251 e. The number of para-hydroxylation sites is 2. The summed E-state index contributed by atoms with van der Waals surface area (Å²) >= 11 is 3.57. The Morgan fingerprint density at radius 1 is 1.00 bits per heavy atom. The van der Waals surface area contributed by atoms with Gasteiger partial charge < -0.3 is 14.6 Å². The number of imidazole rings is 1. The number of benzene rings is 3. The van der Waals surface area contributed by atoms with Crippen LogP contribution < -0.4 is 10.1 Å². The maximum atomic E-state index is 12.3. The van der Waals surface area contributed by atoms with Gasteiger partial charge in [0, 0.05) is 29.5 Å². The maximum absolute atomic E-state index is 12.3. The number of carbonyl (C=O) groups is 1. The molecule has 33 heavy (non-hydrogen) atoms. The number of carbonyl (C=O) groups excluding carboxylic acids is 1. The van der Waals surface area contributed by atoms with E-state index in [2.05, 4.69) is 62.2 Å². The third kappa shape index (κ3) is 6.02. The zero-order valence-electron chi connectivity index (χ0n) is 18.8. The number of nitrogens with zero attached hydrogens (tertiary/aromatic N) is 2. The molecule has 0 saturated carbocycles. The topological polar surface area (TPSA) is 56.1 Å². The smallest absolute Gasteiger partial charge is 0.251 e. The lowest BCUT2D eigenvalue weighted by Crippen LogP contribution is -2.24. The van der Waals surface area contributed by atoms with E-state index in [1.54, 1.807) is 31.4 Å². The molecule has 6 heteroatoms. The summed E-state index contributed by atoms with van der Waals surface area (Å²) in [5.74, 6) is 1.81. The van der Waals surface area contributed by atoms with Crippen LogP contribution in [0.4, 0.5) is 0 Å². The molecule has 0 aliphatic heterocycles. The van der Waals surface area contributed by atoms with E-state index < -0.39 is 0 Å². The number of halogens is 1. The van der Waals surface area contributed by atoms with Crippen LogP contribution in [0.15, 0.2) is 77.3 Å². The molecule has 0 spiro atoms. The second-order valence-electron chi connectivity index (χ2n) is 8.03. The van der Waals surface area contributed by atoms with Crippen molar-refractivity contribution in [2.45, 2.75) is 32.2 Å². The number of aromatic nitrogens is 2. The van der Waals surface area contributed by atoms with Gasteiger partial charge in [-0.2, -0.15) is 0 Å². The van der Waals surface area contributed by atoms with Crippen LogP contribution in [0.1, 0.15) is 41.0 Å². The Morgan fingerprint density at radius 3 is 2.61 bits per heavy atom. The Kier molecular flexibility index (Phi) is 7.79. The highest BCUT2D eigenvalue weighted by Gasteiger charge is 2.11. The van der Waals surface area contributed by atoms with Crippen molar-refractivity contribution in [2.24, 2.45) is 0 Å². The van der Waals surface area contributed by atoms with Crippen molar-refractivity contribution in [3.63, 3.8) is 0 Å². The lowest BCUT2D eigenvalue weighted by Gasteiger charge is -2.10. The number of aryl methyl sites for hydroxylation is 1. The number of methoxy groups -OCH3 is 1. The summed E-state index contributed by atoms with van der Waals surface area (Å²) in [4.78, 5) is 17.2. The molecule has 0 atom stereocenters. The Morgan fingerprint density at radius 2 is 1.82 bits per heavy atom. The van der Waals surface area contributed by atoms with Crippen LogP contribution >= 0.6 is 15.9 Å². The van der Waals surface area contributed by atoms with Gasteiger partial charge in [-0.25, -0.2) is 4.98 Å². The molecule has 4 aromatic rings. The molecule has 0 bridgehead atoms. The van der Waals surface area contributed by atoms with E-state index in [-0.39, 0.29) is 5.91 Å². The van der Waals surface area contributed by atoms with Crippen molar-refractivity contribution in [3.8, 4) is 5.75 Å². The molecule has 170 valence electrons. The van der Waals surface area contributed by atoms with Crippen LogP contribution in [0.2, 0.25) is 0 Å². The van der Waals surface area contributed by atoms with E-state index in [0.717, 1.165) is 53.8 Å². The summed E-state index contributed by atoms with van der Waals surface area (Å²) < 4.78 is 8.54. The van der Waals surface area contributed by atoms with Gasteiger partial charge in [-0.1, -0.05) is 46.6 Å². The number of rotatable bonds is 10. The van der Waals surface area contributed by atoms with Crippen LogP contribution in [-0.2, 0) is 13.0 Å². The van der Waals surface area contributed by atoms with E-state index in [4.69, 9.17) is 9.72 Å². The van der Waals surface area contributed by atoms with E-state index in [1.165, 1.54) is 11.1 Å². The van der Waals surface area contributed by atoms with Gasteiger partial charge in [-0.15, -0.1) is 0 Å². The van der Waals surface area contributed by atoms with Crippen molar-refractivity contribution >= 4 is 32.9 Å². The summed E-state index contributed by atoms with van der Waals surface area (Å²) in [6.07, 6.45) is 3.91. The summed E-state index contributed by atoms with van der Waals surface area (Å²) in [7, 11) is 1.62. The van der Waals surface area contributed by atoms with Crippen LogP contribution in [-0.4, -0.2) is 29.1 Å². The van der Waals surface area contributed by atoms with Crippen molar-refractivity contribution in [3.05, 3.63) is 94.2 Å². The molecule has 0 aliphatic carbocycles. The van der Waals surface area contributed by atoms with Crippen LogP contribution in [0.3, 0.4) is 0 Å². The second-order valence-corrected chi connectivity index (χ2v) is 8.94. The molecule has 1 N–H and O–H groups in total. The Labute approximate surface area is 202 Å². The third-order valence-corrected chi connectivity index (χ3v) is 6.17. The highest BCUT2D eigenvalue weighted by Crippen LogP contribution is 2.21. The number of amides is 1. The summed E-state index contributed by atoms with van der Waals surface area (Å²) in [6, 6.07) is 23.9. The van der Waals surface area contributed by atoms with Crippen LogP contribution in [0.5, 0.6) is 5.75 Å². The molecule has 1 heterocycles. The minimum Gasteiger partial charge on any atom is -0.497 e. The lowest BCUT2D eigenvalue weighted by molar-refractivity contribution is 0.0953. The fourth-order valence-electron chi connectivity index (χ4n) is 3.94. The molecule has 0 unspecified atom stereocenters. The zero-order chi connectivity index (χ0) is 23.0. The fraction of sp³-hybridized carbons (Fsp3) is 0.259. The van der Waals surface area contributed by atoms with Crippen molar-refractivity contribution in [2.75, 3.05) is 13.7 Å². The molecule has 0 radical (unpaired) electrons. The average Bonchev–Trinajstić information content (AvgIpc) is 3.18. The number of hydrogen-bond acceptors (Lipinski definition) is 3. The molecule has 5 nitrogen and oxygen atoms in total. The predicted octanol–water partition coefficient (Wildman–Crippen LogP) is 6.00. The highest BCUT2D eigenvalue weighted by atomic mass is 79.9. The Balaban J connectivity index is 1.30. The van der Waals surface area contributed by atoms with E-state index >= 15 is 0 Å². The summed E-state index contributed by atoms with van der Waals surface area (Å²) in [5, 5.41) is 3.00. The van der Waals surface area contributed by atoms with Gasteiger partial charge in [-0.05, 0) is 66.9 Å². The Bertz CT molecular complexity index is 1220. The molecular formula is C27H28BrN3O2. The summed E-state index contributed by atoms with van der Waals surface area (Å²) in [6.45, 7) is 1.46. The van der Waals surface area contributed by atoms with Crippen LogP contribution in [0.25, 0.3) is 11.0 Å². The largest absolute Gasteiger partial charge is 0.497 e. The molecular weight excluding hydrogens is 478 g/mol. The normalized spacial score (nSPS) is 11.0. The zero-order valence-corrected chi connectivity index (χ0v) is 20.3. The van der Waals surface area contributed by atoms with Gasteiger partial charge in [0.1, 0.15) is 11.6 Å². The number of unbranched alkanes of at least 4 members (excludes halogenated alkanes) is 2. The third-order valence-electron chi connectivity index (χ3n) is 5.68. The van der Waals surface area contributed by atoms with E-state index in [0.29, 0.717) is 12.1 Å².